The third kappa shape index (κ3) is 5.17. The van der Waals surface area contributed by atoms with E-state index in [2.05, 4.69) is 16.9 Å². The van der Waals surface area contributed by atoms with Crippen molar-refractivity contribution in [1.82, 2.24) is 19.7 Å². The summed E-state index contributed by atoms with van der Waals surface area (Å²) in [6, 6.07) is 9.88. The quantitative estimate of drug-likeness (QED) is 0.602. The van der Waals surface area contributed by atoms with Gasteiger partial charge >= 0.3 is 0 Å². The van der Waals surface area contributed by atoms with Crippen molar-refractivity contribution >= 4 is 11.3 Å². The third-order valence-electron chi connectivity index (χ3n) is 6.27. The number of ether oxygens (including phenoxy) is 1. The zero-order valence-corrected chi connectivity index (χ0v) is 19.5. The van der Waals surface area contributed by atoms with Crippen LogP contribution in [0.15, 0.2) is 36.5 Å². The Kier molecular flexibility index (Phi) is 6.74. The second-order valence-electron chi connectivity index (χ2n) is 8.48. The smallest absolute Gasteiger partial charge is 0.125 e. The van der Waals surface area contributed by atoms with Crippen molar-refractivity contribution in [1.29, 1.82) is 0 Å². The highest BCUT2D eigenvalue weighted by molar-refractivity contribution is 7.11. The van der Waals surface area contributed by atoms with E-state index >= 15 is 0 Å². The number of hydrogen-bond acceptors (Lipinski definition) is 6. The first-order valence-electron chi connectivity index (χ1n) is 11.0. The molecule has 1 N–H and O–H groups in total. The van der Waals surface area contributed by atoms with Crippen molar-refractivity contribution in [3.63, 3.8) is 0 Å². The first kappa shape index (κ1) is 22.0. The van der Waals surface area contributed by atoms with E-state index in [4.69, 9.17) is 9.72 Å². The Morgan fingerprint density at radius 2 is 1.97 bits per heavy atom. The molecule has 2 aromatic heterocycles. The summed E-state index contributed by atoms with van der Waals surface area (Å²) in [4.78, 5) is 8.41. The van der Waals surface area contributed by atoms with Gasteiger partial charge in [0.15, 0.2) is 0 Å². The van der Waals surface area contributed by atoms with E-state index in [0.717, 1.165) is 55.3 Å². The lowest BCUT2D eigenvalue weighted by molar-refractivity contribution is 0.0207. The summed E-state index contributed by atoms with van der Waals surface area (Å²) in [6.07, 6.45) is 5.18. The van der Waals surface area contributed by atoms with Crippen LogP contribution in [0.4, 0.5) is 0 Å². The number of hydrogen-bond donors (Lipinski definition) is 1. The summed E-state index contributed by atoms with van der Waals surface area (Å²) >= 11 is 1.65. The van der Waals surface area contributed by atoms with E-state index in [0.29, 0.717) is 13.0 Å². The predicted octanol–water partition coefficient (Wildman–Crippen LogP) is 3.99. The van der Waals surface area contributed by atoms with Gasteiger partial charge in [-0.25, -0.2) is 4.98 Å². The van der Waals surface area contributed by atoms with Gasteiger partial charge < -0.3 is 9.84 Å². The molecule has 1 atom stereocenters. The molecule has 3 aromatic rings. The number of rotatable bonds is 7. The summed E-state index contributed by atoms with van der Waals surface area (Å²) in [7, 11) is 1.98. The standard InChI is InChI=1S/C24H32N4O2S/c1-18-22(10-15-30-21-8-5-4-6-9-21)31-23(26-18)24(29)11-7-13-28(14-12-24)17-20-16-25-27(3)19(20)2/h4-6,8-9,16,29H,7,10-15,17H2,1-3H3/t24-/m1/s1. The van der Waals surface area contributed by atoms with Gasteiger partial charge in [-0.3, -0.25) is 9.58 Å². The summed E-state index contributed by atoms with van der Waals surface area (Å²) in [5.74, 6) is 0.885. The van der Waals surface area contributed by atoms with E-state index in [9.17, 15) is 5.11 Å². The number of benzene rings is 1. The molecule has 1 aliphatic heterocycles. The highest BCUT2D eigenvalue weighted by Crippen LogP contribution is 2.37. The predicted molar refractivity (Wildman–Crippen MR) is 123 cm³/mol. The fraction of sp³-hybridized carbons (Fsp3) is 0.500. The third-order valence-corrected chi connectivity index (χ3v) is 7.68. The van der Waals surface area contributed by atoms with E-state index in [-0.39, 0.29) is 0 Å². The van der Waals surface area contributed by atoms with Gasteiger partial charge in [0.2, 0.25) is 0 Å². The topological polar surface area (TPSA) is 63.4 Å². The molecule has 0 aliphatic carbocycles. The minimum absolute atomic E-state index is 0.614. The number of aryl methyl sites for hydroxylation is 2. The molecular formula is C24H32N4O2S. The minimum atomic E-state index is -0.841. The van der Waals surface area contributed by atoms with Crippen LogP contribution >= 0.6 is 11.3 Å². The molecule has 7 heteroatoms. The molecule has 0 saturated carbocycles. The van der Waals surface area contributed by atoms with Crippen molar-refractivity contribution in [2.75, 3.05) is 19.7 Å². The minimum Gasteiger partial charge on any atom is -0.493 e. The Bertz CT molecular complexity index is 1000. The number of aliphatic hydroxyl groups is 1. The monoisotopic (exact) mass is 440 g/mol. The summed E-state index contributed by atoms with van der Waals surface area (Å²) in [5, 5.41) is 16.7. The molecule has 1 aromatic carbocycles. The highest BCUT2D eigenvalue weighted by Gasteiger charge is 2.35. The SMILES string of the molecule is Cc1nc([C@@]2(O)CCCN(Cc3cnn(C)c3C)CC2)sc1CCOc1ccccc1. The Hall–Kier alpha value is -2.22. The van der Waals surface area contributed by atoms with Crippen LogP contribution in [0.1, 0.15) is 46.1 Å². The molecule has 0 amide bonds. The molecule has 1 fully saturated rings. The van der Waals surface area contributed by atoms with E-state index in [1.165, 1.54) is 16.1 Å². The van der Waals surface area contributed by atoms with Crippen molar-refractivity contribution < 1.29 is 9.84 Å². The maximum absolute atomic E-state index is 11.5. The van der Waals surface area contributed by atoms with E-state index < -0.39 is 5.60 Å². The lowest BCUT2D eigenvalue weighted by Crippen LogP contribution is -2.29. The maximum Gasteiger partial charge on any atom is 0.125 e. The summed E-state index contributed by atoms with van der Waals surface area (Å²) < 4.78 is 7.77. The summed E-state index contributed by atoms with van der Waals surface area (Å²) in [5.41, 5.74) is 2.64. The van der Waals surface area contributed by atoms with Crippen LogP contribution in [-0.2, 0) is 25.6 Å². The second kappa shape index (κ2) is 9.51. The number of thiazole rings is 1. The Balaban J connectivity index is 1.37. The number of likely N-dealkylation sites (tertiary alicyclic amines) is 1. The van der Waals surface area contributed by atoms with Crippen molar-refractivity contribution in [3.8, 4) is 5.75 Å². The molecule has 0 bridgehead atoms. The van der Waals surface area contributed by atoms with Crippen molar-refractivity contribution in [3.05, 3.63) is 63.4 Å². The molecule has 6 nitrogen and oxygen atoms in total. The summed E-state index contributed by atoms with van der Waals surface area (Å²) in [6.45, 7) is 7.49. The lowest BCUT2D eigenvalue weighted by atomic mass is 9.96. The maximum atomic E-state index is 11.5. The van der Waals surface area contributed by atoms with Gasteiger partial charge in [-0.05, 0) is 51.8 Å². The van der Waals surface area contributed by atoms with Crippen LogP contribution in [0, 0.1) is 13.8 Å². The molecule has 1 aliphatic rings. The van der Waals surface area contributed by atoms with Crippen LogP contribution in [0.2, 0.25) is 0 Å². The fourth-order valence-corrected chi connectivity index (χ4v) is 5.31. The highest BCUT2D eigenvalue weighted by atomic mass is 32.1. The molecule has 166 valence electrons. The van der Waals surface area contributed by atoms with Crippen LogP contribution in [0.25, 0.3) is 0 Å². The molecule has 3 heterocycles. The molecule has 4 rings (SSSR count). The first-order valence-corrected chi connectivity index (χ1v) is 11.8. The van der Waals surface area contributed by atoms with Gasteiger partial charge in [-0.1, -0.05) is 18.2 Å². The Morgan fingerprint density at radius 1 is 1.16 bits per heavy atom. The Labute approximate surface area is 188 Å². The van der Waals surface area contributed by atoms with Crippen LogP contribution < -0.4 is 4.74 Å². The number of nitrogens with zero attached hydrogens (tertiary/aromatic N) is 4. The van der Waals surface area contributed by atoms with Crippen LogP contribution in [0.5, 0.6) is 5.75 Å². The Morgan fingerprint density at radius 3 is 2.71 bits per heavy atom. The van der Waals surface area contributed by atoms with Crippen molar-refractivity contribution in [2.24, 2.45) is 7.05 Å². The lowest BCUT2D eigenvalue weighted by Gasteiger charge is -2.24. The molecule has 0 unspecified atom stereocenters. The van der Waals surface area contributed by atoms with Gasteiger partial charge in [0.05, 0.1) is 18.5 Å². The van der Waals surface area contributed by atoms with Gasteiger partial charge in [-0.15, -0.1) is 11.3 Å². The van der Waals surface area contributed by atoms with Crippen molar-refractivity contribution in [2.45, 2.75) is 51.7 Å². The second-order valence-corrected chi connectivity index (χ2v) is 9.56. The van der Waals surface area contributed by atoms with E-state index in [1.807, 2.05) is 55.2 Å². The van der Waals surface area contributed by atoms with Crippen LogP contribution in [-0.4, -0.2) is 44.5 Å². The molecule has 0 spiro atoms. The molecular weight excluding hydrogens is 408 g/mol. The van der Waals surface area contributed by atoms with Gasteiger partial charge in [0, 0.05) is 42.7 Å². The number of aromatic nitrogens is 3. The van der Waals surface area contributed by atoms with Gasteiger partial charge in [-0.2, -0.15) is 5.10 Å². The van der Waals surface area contributed by atoms with Crippen LogP contribution in [0.3, 0.4) is 0 Å². The molecule has 1 saturated heterocycles. The van der Waals surface area contributed by atoms with Gasteiger partial charge in [0.25, 0.3) is 0 Å². The molecule has 31 heavy (non-hydrogen) atoms. The zero-order chi connectivity index (χ0) is 21.8. The average Bonchev–Trinajstić information content (AvgIpc) is 3.22. The largest absolute Gasteiger partial charge is 0.493 e. The first-order chi connectivity index (χ1) is 14.9. The van der Waals surface area contributed by atoms with E-state index in [1.54, 1.807) is 11.3 Å². The number of para-hydroxylation sites is 1. The normalized spacial score (nSPS) is 20.0. The average molecular weight is 441 g/mol. The fourth-order valence-electron chi connectivity index (χ4n) is 4.12. The molecule has 0 radical (unpaired) electrons. The zero-order valence-electron chi connectivity index (χ0n) is 18.7. The van der Waals surface area contributed by atoms with Gasteiger partial charge in [0.1, 0.15) is 16.4 Å².